The number of methoxy groups -OCH3 is 2. The van der Waals surface area contributed by atoms with Gasteiger partial charge >= 0.3 is 0 Å². The summed E-state index contributed by atoms with van der Waals surface area (Å²) in [6.45, 7) is 0.594. The van der Waals surface area contributed by atoms with Crippen LogP contribution in [-0.4, -0.2) is 24.2 Å². The van der Waals surface area contributed by atoms with Gasteiger partial charge in [-0.05, 0) is 6.07 Å². The van der Waals surface area contributed by atoms with Gasteiger partial charge in [0.25, 0.3) is 0 Å². The van der Waals surface area contributed by atoms with Gasteiger partial charge in [0.15, 0.2) is 0 Å². The van der Waals surface area contributed by atoms with Gasteiger partial charge in [0.1, 0.15) is 5.75 Å². The second-order valence-electron chi connectivity index (χ2n) is 3.59. The van der Waals surface area contributed by atoms with Crippen LogP contribution in [0.15, 0.2) is 36.5 Å². The summed E-state index contributed by atoms with van der Waals surface area (Å²) in [5, 5.41) is 3.13. The van der Waals surface area contributed by atoms with Gasteiger partial charge in [-0.15, -0.1) is 0 Å². The number of rotatable bonds is 5. The molecule has 0 aliphatic carbocycles. The van der Waals surface area contributed by atoms with Crippen molar-refractivity contribution in [2.45, 2.75) is 6.54 Å². The molecule has 0 saturated heterocycles. The Kier molecular flexibility index (Phi) is 3.96. The summed E-state index contributed by atoms with van der Waals surface area (Å²) in [6.07, 6.45) is 1.65. The molecule has 0 atom stereocenters. The first-order valence-corrected chi connectivity index (χ1v) is 5.56. The highest BCUT2D eigenvalue weighted by Gasteiger charge is 2.03. The number of hydrogen-bond donors (Lipinski definition) is 1. The Balaban J connectivity index is 2.06. The van der Waals surface area contributed by atoms with Crippen molar-refractivity contribution in [3.8, 4) is 11.6 Å². The lowest BCUT2D eigenvalue weighted by Gasteiger charge is -2.09. The van der Waals surface area contributed by atoms with E-state index < -0.39 is 0 Å². The molecule has 1 heterocycles. The van der Waals surface area contributed by atoms with E-state index in [9.17, 15) is 0 Å². The normalized spacial score (nSPS) is 9.89. The van der Waals surface area contributed by atoms with Gasteiger partial charge < -0.3 is 14.8 Å². The Morgan fingerprint density at radius 3 is 2.72 bits per heavy atom. The molecule has 0 bridgehead atoms. The molecule has 1 aromatic carbocycles. The zero-order chi connectivity index (χ0) is 12.8. The standard InChI is InChI=1S/C13H15N3O2/c1-17-11-6-4-3-5-10(11)9-15-13-14-8-7-12(16-13)18-2/h3-8H,9H2,1-2H3,(H,14,15,16). The largest absolute Gasteiger partial charge is 0.496 e. The summed E-state index contributed by atoms with van der Waals surface area (Å²) < 4.78 is 10.3. The molecular formula is C13H15N3O2. The third kappa shape index (κ3) is 2.88. The fraction of sp³-hybridized carbons (Fsp3) is 0.231. The van der Waals surface area contributed by atoms with Gasteiger partial charge in [0.05, 0.1) is 14.2 Å². The number of nitrogens with one attached hydrogen (secondary N) is 1. The highest BCUT2D eigenvalue weighted by atomic mass is 16.5. The molecule has 0 radical (unpaired) electrons. The van der Waals surface area contributed by atoms with Crippen molar-refractivity contribution in [3.63, 3.8) is 0 Å². The molecule has 0 saturated carbocycles. The van der Waals surface area contributed by atoms with Crippen molar-refractivity contribution in [1.29, 1.82) is 0 Å². The van der Waals surface area contributed by atoms with Crippen LogP contribution in [0.2, 0.25) is 0 Å². The van der Waals surface area contributed by atoms with E-state index >= 15 is 0 Å². The van der Waals surface area contributed by atoms with Crippen LogP contribution >= 0.6 is 0 Å². The maximum absolute atomic E-state index is 5.27. The van der Waals surface area contributed by atoms with Gasteiger partial charge in [-0.1, -0.05) is 18.2 Å². The Bertz CT molecular complexity index is 517. The average molecular weight is 245 g/mol. The first kappa shape index (κ1) is 12.2. The van der Waals surface area contributed by atoms with Crippen LogP contribution in [0.1, 0.15) is 5.56 Å². The number of anilines is 1. The van der Waals surface area contributed by atoms with Crippen LogP contribution in [-0.2, 0) is 6.54 Å². The Hall–Kier alpha value is -2.30. The van der Waals surface area contributed by atoms with Gasteiger partial charge in [-0.25, -0.2) is 4.98 Å². The Morgan fingerprint density at radius 2 is 1.94 bits per heavy atom. The first-order chi connectivity index (χ1) is 8.83. The zero-order valence-electron chi connectivity index (χ0n) is 10.4. The molecule has 0 fully saturated rings. The van der Waals surface area contributed by atoms with Crippen LogP contribution in [0.4, 0.5) is 5.95 Å². The maximum Gasteiger partial charge on any atom is 0.226 e. The Morgan fingerprint density at radius 1 is 1.11 bits per heavy atom. The van der Waals surface area contributed by atoms with E-state index in [1.165, 1.54) is 0 Å². The zero-order valence-corrected chi connectivity index (χ0v) is 10.4. The first-order valence-electron chi connectivity index (χ1n) is 5.56. The van der Waals surface area contributed by atoms with E-state index in [-0.39, 0.29) is 0 Å². The summed E-state index contributed by atoms with van der Waals surface area (Å²) in [7, 11) is 3.23. The molecule has 5 nitrogen and oxygen atoms in total. The van der Waals surface area contributed by atoms with E-state index in [0.717, 1.165) is 11.3 Å². The van der Waals surface area contributed by atoms with Crippen LogP contribution in [0.25, 0.3) is 0 Å². The molecule has 18 heavy (non-hydrogen) atoms. The fourth-order valence-electron chi connectivity index (χ4n) is 1.56. The van der Waals surface area contributed by atoms with Gasteiger partial charge in [-0.2, -0.15) is 4.98 Å². The van der Waals surface area contributed by atoms with Crippen molar-refractivity contribution in [2.75, 3.05) is 19.5 Å². The summed E-state index contributed by atoms with van der Waals surface area (Å²) >= 11 is 0. The monoisotopic (exact) mass is 245 g/mol. The van der Waals surface area contributed by atoms with E-state index in [1.54, 1.807) is 26.5 Å². The molecule has 0 amide bonds. The molecule has 1 aromatic heterocycles. The molecule has 0 unspecified atom stereocenters. The predicted molar refractivity (Wildman–Crippen MR) is 68.9 cm³/mol. The number of aromatic nitrogens is 2. The Labute approximate surface area is 106 Å². The van der Waals surface area contributed by atoms with Gasteiger partial charge in [0, 0.05) is 24.4 Å². The number of benzene rings is 1. The topological polar surface area (TPSA) is 56.3 Å². The van der Waals surface area contributed by atoms with Crippen LogP contribution < -0.4 is 14.8 Å². The van der Waals surface area contributed by atoms with Crippen LogP contribution in [0, 0.1) is 0 Å². The summed E-state index contributed by atoms with van der Waals surface area (Å²) in [4.78, 5) is 8.29. The van der Waals surface area contributed by atoms with Crippen molar-refractivity contribution in [2.24, 2.45) is 0 Å². The van der Waals surface area contributed by atoms with Crippen LogP contribution in [0.5, 0.6) is 11.6 Å². The molecule has 0 aliphatic heterocycles. The van der Waals surface area contributed by atoms with E-state index in [1.807, 2.05) is 24.3 Å². The number of para-hydroxylation sites is 1. The van der Waals surface area contributed by atoms with Crippen LogP contribution in [0.3, 0.4) is 0 Å². The van der Waals surface area contributed by atoms with Crippen molar-refractivity contribution >= 4 is 5.95 Å². The minimum atomic E-state index is 0.528. The minimum Gasteiger partial charge on any atom is -0.496 e. The minimum absolute atomic E-state index is 0.528. The second-order valence-corrected chi connectivity index (χ2v) is 3.59. The van der Waals surface area contributed by atoms with Crippen molar-refractivity contribution in [1.82, 2.24) is 9.97 Å². The summed E-state index contributed by atoms with van der Waals surface area (Å²) in [5.41, 5.74) is 1.05. The fourth-order valence-corrected chi connectivity index (χ4v) is 1.56. The lowest BCUT2D eigenvalue weighted by molar-refractivity contribution is 0.397. The summed E-state index contributed by atoms with van der Waals surface area (Å²) in [6, 6.07) is 9.51. The average Bonchev–Trinajstić information content (AvgIpc) is 2.45. The lowest BCUT2D eigenvalue weighted by Crippen LogP contribution is -2.05. The van der Waals surface area contributed by atoms with Gasteiger partial charge in [0.2, 0.25) is 11.8 Å². The molecule has 0 aliphatic rings. The van der Waals surface area contributed by atoms with Crippen molar-refractivity contribution in [3.05, 3.63) is 42.1 Å². The quantitative estimate of drug-likeness (QED) is 0.874. The maximum atomic E-state index is 5.27. The second kappa shape index (κ2) is 5.86. The molecule has 1 N–H and O–H groups in total. The molecule has 94 valence electrons. The molecule has 2 aromatic rings. The highest BCUT2D eigenvalue weighted by Crippen LogP contribution is 2.18. The lowest BCUT2D eigenvalue weighted by atomic mass is 10.2. The van der Waals surface area contributed by atoms with Crippen molar-refractivity contribution < 1.29 is 9.47 Å². The number of hydrogen-bond acceptors (Lipinski definition) is 5. The highest BCUT2D eigenvalue weighted by molar-refractivity contribution is 5.37. The summed E-state index contributed by atoms with van der Waals surface area (Å²) in [5.74, 6) is 1.90. The van der Waals surface area contributed by atoms with Gasteiger partial charge in [-0.3, -0.25) is 0 Å². The number of nitrogens with zero attached hydrogens (tertiary/aromatic N) is 2. The SMILES string of the molecule is COc1ccnc(NCc2ccccc2OC)n1. The molecular weight excluding hydrogens is 230 g/mol. The molecule has 2 rings (SSSR count). The third-order valence-corrected chi connectivity index (χ3v) is 2.47. The van der Waals surface area contributed by atoms with E-state index in [2.05, 4.69) is 15.3 Å². The smallest absolute Gasteiger partial charge is 0.226 e. The predicted octanol–water partition coefficient (Wildman–Crippen LogP) is 2.11. The molecule has 5 heteroatoms. The number of ether oxygens (including phenoxy) is 2. The van der Waals surface area contributed by atoms with E-state index in [0.29, 0.717) is 18.4 Å². The van der Waals surface area contributed by atoms with E-state index in [4.69, 9.17) is 9.47 Å². The third-order valence-electron chi connectivity index (χ3n) is 2.47. The molecule has 0 spiro atoms.